The summed E-state index contributed by atoms with van der Waals surface area (Å²) in [5, 5.41) is 0.217. The number of carbonyl (C=O) groups excluding carboxylic acids is 1. The number of hydrogen-bond acceptors (Lipinski definition) is 6. The maximum Gasteiger partial charge on any atom is 0.328 e. The number of fused-ring (bicyclic) bond motifs is 2. The number of carbonyl (C=O) groups is 1. The predicted octanol–water partition coefficient (Wildman–Crippen LogP) is 3.76. The van der Waals surface area contributed by atoms with Crippen LogP contribution in [0.1, 0.15) is 35.8 Å². The molecule has 3 aromatic carbocycles. The molecule has 0 unspecified atom stereocenters. The van der Waals surface area contributed by atoms with Crippen molar-refractivity contribution in [3.63, 3.8) is 0 Å². The van der Waals surface area contributed by atoms with Gasteiger partial charge in [-0.3, -0.25) is 0 Å². The monoisotopic (exact) mass is 501 g/mol. The number of nitrogens with zero attached hydrogens (tertiary/aromatic N) is 1. The quantitative estimate of drug-likeness (QED) is 0.494. The minimum atomic E-state index is -4.27. The van der Waals surface area contributed by atoms with Crippen LogP contribution >= 0.6 is 0 Å². The molecule has 1 aliphatic rings. The average Bonchev–Trinajstić information content (AvgIpc) is 2.81. The molecule has 0 N–H and O–H groups in total. The first-order chi connectivity index (χ1) is 16.0. The van der Waals surface area contributed by atoms with Gasteiger partial charge in [-0.2, -0.15) is 4.31 Å². The average molecular weight is 502 g/mol. The minimum Gasteiger partial charge on any atom is -0.468 e. The van der Waals surface area contributed by atoms with Crippen LogP contribution in [0.15, 0.2) is 65.6 Å². The molecule has 0 saturated carbocycles. The molecule has 0 amide bonds. The fourth-order valence-electron chi connectivity index (χ4n) is 4.74. The zero-order valence-corrected chi connectivity index (χ0v) is 21.1. The fraction of sp³-hybridized carbons (Fsp3) is 0.320. The third-order valence-electron chi connectivity index (χ3n) is 6.60. The smallest absolute Gasteiger partial charge is 0.328 e. The lowest BCUT2D eigenvalue weighted by molar-refractivity contribution is -0.152. The molecule has 180 valence electrons. The van der Waals surface area contributed by atoms with Crippen LogP contribution in [0, 0.1) is 6.92 Å². The highest BCUT2D eigenvalue weighted by Crippen LogP contribution is 2.48. The Balaban J connectivity index is 2.07. The summed E-state index contributed by atoms with van der Waals surface area (Å²) in [5.41, 5.74) is -0.179. The third-order valence-corrected chi connectivity index (χ3v) is 10.8. The van der Waals surface area contributed by atoms with Crippen molar-refractivity contribution >= 4 is 36.6 Å². The van der Waals surface area contributed by atoms with E-state index >= 15 is 0 Å². The zero-order valence-electron chi connectivity index (χ0n) is 19.5. The van der Waals surface area contributed by atoms with E-state index in [1.54, 1.807) is 24.3 Å². The molecule has 0 aliphatic carbocycles. The number of benzene rings is 3. The van der Waals surface area contributed by atoms with Crippen molar-refractivity contribution in [1.29, 1.82) is 0 Å². The van der Waals surface area contributed by atoms with Gasteiger partial charge in [0.05, 0.1) is 12.0 Å². The number of aryl methyl sites for hydroxylation is 1. The summed E-state index contributed by atoms with van der Waals surface area (Å²) in [6.45, 7) is 4.50. The van der Waals surface area contributed by atoms with Gasteiger partial charge in [0.1, 0.15) is 5.25 Å². The van der Waals surface area contributed by atoms with Gasteiger partial charge in [-0.05, 0) is 60.0 Å². The number of methoxy groups -OCH3 is 1. The molecule has 2 atom stereocenters. The van der Waals surface area contributed by atoms with Gasteiger partial charge < -0.3 is 4.74 Å². The van der Waals surface area contributed by atoms with Crippen LogP contribution in [0.3, 0.4) is 0 Å². The molecular weight excluding hydrogens is 474 g/mol. The molecule has 0 spiro atoms. The lowest BCUT2D eigenvalue weighted by atomic mass is 9.84. The van der Waals surface area contributed by atoms with Gasteiger partial charge in [0.25, 0.3) is 0 Å². The molecule has 0 radical (unpaired) electrons. The van der Waals surface area contributed by atoms with Crippen LogP contribution < -0.4 is 0 Å². The Morgan fingerprint density at radius 1 is 1.03 bits per heavy atom. The van der Waals surface area contributed by atoms with E-state index in [0.29, 0.717) is 11.1 Å². The maximum absolute atomic E-state index is 13.9. The Labute approximate surface area is 200 Å². The zero-order chi connectivity index (χ0) is 24.9. The van der Waals surface area contributed by atoms with Crippen LogP contribution in [0.2, 0.25) is 0 Å². The SMILES string of the molecule is CCS(=O)(=O)[C@H]1c2cc3ccccc3cc2CN(S(=O)(=O)c2ccc(C)cc2)[C@@]1(C)C(=O)OC. The lowest BCUT2D eigenvalue weighted by Crippen LogP contribution is -2.62. The molecule has 34 heavy (non-hydrogen) atoms. The second-order valence-corrected chi connectivity index (χ2v) is 12.9. The van der Waals surface area contributed by atoms with Crippen LogP contribution in [-0.4, -0.2) is 45.5 Å². The Hall–Kier alpha value is -2.75. The van der Waals surface area contributed by atoms with Gasteiger partial charge in [-0.1, -0.05) is 48.9 Å². The number of esters is 1. The first-order valence-electron chi connectivity index (χ1n) is 10.9. The second-order valence-electron chi connectivity index (χ2n) is 8.69. The molecule has 7 nitrogen and oxygen atoms in total. The summed E-state index contributed by atoms with van der Waals surface area (Å²) in [6, 6.07) is 17.2. The summed E-state index contributed by atoms with van der Waals surface area (Å²) >= 11 is 0. The molecule has 4 rings (SSSR count). The standard InChI is InChI=1S/C25H27NO6S2/c1-5-33(28,29)23-22-15-19-9-7-6-8-18(19)14-20(22)16-26(25(23,3)24(27)32-4)34(30,31)21-12-10-17(2)11-13-21/h6-15,23H,5,16H2,1-4H3/t23-,25+/m0/s1. The van der Waals surface area contributed by atoms with Crippen molar-refractivity contribution in [3.8, 4) is 0 Å². The summed E-state index contributed by atoms with van der Waals surface area (Å²) in [5.74, 6) is -1.20. The molecule has 0 bridgehead atoms. The van der Waals surface area contributed by atoms with Crippen LogP contribution in [0.4, 0.5) is 0 Å². The highest BCUT2D eigenvalue weighted by Gasteiger charge is 2.60. The summed E-state index contributed by atoms with van der Waals surface area (Å²) in [7, 11) is -7.09. The highest BCUT2D eigenvalue weighted by atomic mass is 32.2. The Morgan fingerprint density at radius 3 is 2.18 bits per heavy atom. The van der Waals surface area contributed by atoms with Crippen LogP contribution in [-0.2, 0) is 35.9 Å². The van der Waals surface area contributed by atoms with Gasteiger partial charge in [0, 0.05) is 12.3 Å². The molecule has 1 aliphatic heterocycles. The molecule has 1 heterocycles. The van der Waals surface area contributed by atoms with E-state index in [1.165, 1.54) is 26.0 Å². The van der Waals surface area contributed by atoms with E-state index in [1.807, 2.05) is 31.2 Å². The van der Waals surface area contributed by atoms with Gasteiger partial charge >= 0.3 is 5.97 Å². The first kappa shape index (κ1) is 24.4. The molecule has 0 aromatic heterocycles. The Kier molecular flexibility index (Phi) is 6.08. The van der Waals surface area contributed by atoms with Crippen molar-refractivity contribution in [2.45, 2.75) is 43.0 Å². The number of rotatable bonds is 5. The minimum absolute atomic E-state index is 0.0230. The normalized spacial score (nSPS) is 21.2. The van der Waals surface area contributed by atoms with Gasteiger partial charge in [0.2, 0.25) is 10.0 Å². The van der Waals surface area contributed by atoms with E-state index < -0.39 is 36.6 Å². The van der Waals surface area contributed by atoms with Gasteiger partial charge in [-0.15, -0.1) is 0 Å². The Bertz CT molecular complexity index is 1480. The predicted molar refractivity (Wildman–Crippen MR) is 130 cm³/mol. The number of ether oxygens (including phenoxy) is 1. The van der Waals surface area contributed by atoms with Crippen molar-refractivity contribution in [1.82, 2.24) is 4.31 Å². The van der Waals surface area contributed by atoms with Crippen molar-refractivity contribution in [3.05, 3.63) is 77.4 Å². The van der Waals surface area contributed by atoms with E-state index in [0.717, 1.165) is 27.8 Å². The van der Waals surface area contributed by atoms with E-state index in [-0.39, 0.29) is 17.2 Å². The molecular formula is C25H27NO6S2. The summed E-state index contributed by atoms with van der Waals surface area (Å²) in [4.78, 5) is 13.3. The van der Waals surface area contributed by atoms with Gasteiger partial charge in [0.15, 0.2) is 15.4 Å². The van der Waals surface area contributed by atoms with Crippen molar-refractivity contribution in [2.24, 2.45) is 0 Å². The summed E-state index contributed by atoms with van der Waals surface area (Å²) in [6.07, 6.45) is 0. The van der Waals surface area contributed by atoms with Gasteiger partial charge in [-0.25, -0.2) is 21.6 Å². The highest BCUT2D eigenvalue weighted by molar-refractivity contribution is 7.92. The van der Waals surface area contributed by atoms with E-state index in [4.69, 9.17) is 4.74 Å². The van der Waals surface area contributed by atoms with E-state index in [2.05, 4.69) is 0 Å². The Morgan fingerprint density at radius 2 is 1.62 bits per heavy atom. The van der Waals surface area contributed by atoms with E-state index in [9.17, 15) is 21.6 Å². The number of sulfonamides is 1. The van der Waals surface area contributed by atoms with Crippen molar-refractivity contribution < 1.29 is 26.4 Å². The topological polar surface area (TPSA) is 97.8 Å². The third kappa shape index (κ3) is 3.72. The molecule has 0 fully saturated rings. The first-order valence-corrected chi connectivity index (χ1v) is 14.0. The molecule has 9 heteroatoms. The number of hydrogen-bond donors (Lipinski definition) is 0. The second kappa shape index (κ2) is 8.48. The number of sulfone groups is 1. The van der Waals surface area contributed by atoms with Crippen LogP contribution in [0.5, 0.6) is 0 Å². The largest absolute Gasteiger partial charge is 0.468 e. The molecule has 0 saturated heterocycles. The van der Waals surface area contributed by atoms with Crippen molar-refractivity contribution in [2.75, 3.05) is 12.9 Å². The molecule has 3 aromatic rings. The maximum atomic E-state index is 13.9. The fourth-order valence-corrected chi connectivity index (χ4v) is 8.39. The summed E-state index contributed by atoms with van der Waals surface area (Å²) < 4.78 is 60.8. The van der Waals surface area contributed by atoms with Crippen LogP contribution in [0.25, 0.3) is 10.8 Å². The lowest BCUT2D eigenvalue weighted by Gasteiger charge is -2.46.